The van der Waals surface area contributed by atoms with E-state index in [4.69, 9.17) is 19.3 Å². The van der Waals surface area contributed by atoms with Gasteiger partial charge in [-0.15, -0.1) is 0 Å². The molecule has 0 saturated heterocycles. The molecule has 5 nitrogen and oxygen atoms in total. The van der Waals surface area contributed by atoms with Crippen molar-refractivity contribution in [3.8, 4) is 0 Å². The van der Waals surface area contributed by atoms with E-state index in [1.807, 2.05) is 13.8 Å². The van der Waals surface area contributed by atoms with E-state index in [1.165, 1.54) is 0 Å². The van der Waals surface area contributed by atoms with Gasteiger partial charge in [-0.2, -0.15) is 0 Å². The summed E-state index contributed by atoms with van der Waals surface area (Å²) in [6, 6.07) is 0. The zero-order valence-electron chi connectivity index (χ0n) is 10.8. The second-order valence-corrected chi connectivity index (χ2v) is 4.12. The van der Waals surface area contributed by atoms with Gasteiger partial charge in [-0.25, -0.2) is 0 Å². The number of ether oxygens (including phenoxy) is 3. The summed E-state index contributed by atoms with van der Waals surface area (Å²) < 4.78 is 15.3. The van der Waals surface area contributed by atoms with Gasteiger partial charge in [0.05, 0.1) is 19.8 Å². The van der Waals surface area contributed by atoms with Gasteiger partial charge in [0.2, 0.25) is 0 Å². The predicted octanol–water partition coefficient (Wildman–Crippen LogP) is 0.991. The van der Waals surface area contributed by atoms with Crippen LogP contribution in [-0.4, -0.2) is 50.7 Å². The summed E-state index contributed by atoms with van der Waals surface area (Å²) in [6.07, 6.45) is 1.23. The van der Waals surface area contributed by atoms with Crippen LogP contribution in [0.3, 0.4) is 0 Å². The summed E-state index contributed by atoms with van der Waals surface area (Å²) in [5.41, 5.74) is 0. The van der Waals surface area contributed by atoms with Gasteiger partial charge in [-0.3, -0.25) is 4.79 Å². The minimum atomic E-state index is -0.171. The Morgan fingerprint density at radius 3 is 2.29 bits per heavy atom. The second-order valence-electron chi connectivity index (χ2n) is 4.12. The molecule has 0 heterocycles. The lowest BCUT2D eigenvalue weighted by molar-refractivity contribution is -0.146. The van der Waals surface area contributed by atoms with Crippen molar-refractivity contribution in [2.24, 2.45) is 5.92 Å². The molecule has 0 aliphatic carbocycles. The van der Waals surface area contributed by atoms with Crippen molar-refractivity contribution < 1.29 is 24.1 Å². The van der Waals surface area contributed by atoms with Crippen LogP contribution in [0.15, 0.2) is 0 Å². The Kier molecular flexibility index (Phi) is 11.4. The number of aliphatic hydroxyl groups is 1. The number of carbonyl (C=O) groups is 1. The normalized spacial score (nSPS) is 10.8. The van der Waals surface area contributed by atoms with Crippen LogP contribution in [-0.2, 0) is 19.0 Å². The van der Waals surface area contributed by atoms with E-state index in [2.05, 4.69) is 0 Å². The van der Waals surface area contributed by atoms with Crippen LogP contribution in [0, 0.1) is 5.92 Å². The van der Waals surface area contributed by atoms with E-state index in [1.54, 1.807) is 0 Å². The van der Waals surface area contributed by atoms with Crippen LogP contribution in [0.4, 0.5) is 0 Å². The zero-order valence-corrected chi connectivity index (χ0v) is 10.8. The average molecular weight is 248 g/mol. The minimum Gasteiger partial charge on any atom is -0.463 e. The van der Waals surface area contributed by atoms with Gasteiger partial charge in [-0.1, -0.05) is 13.8 Å². The largest absolute Gasteiger partial charge is 0.463 e. The lowest BCUT2D eigenvalue weighted by atomic mass is 10.1. The summed E-state index contributed by atoms with van der Waals surface area (Å²) in [6.45, 7) is 6.25. The first-order chi connectivity index (χ1) is 8.16. The Labute approximate surface area is 103 Å². The van der Waals surface area contributed by atoms with Crippen LogP contribution >= 0.6 is 0 Å². The maximum absolute atomic E-state index is 11.1. The lowest BCUT2D eigenvalue weighted by Gasteiger charge is -2.07. The average Bonchev–Trinajstić information content (AvgIpc) is 2.26. The van der Waals surface area contributed by atoms with Crippen LogP contribution in [0.5, 0.6) is 0 Å². The molecule has 102 valence electrons. The van der Waals surface area contributed by atoms with Gasteiger partial charge in [0.15, 0.2) is 0 Å². The molecular weight excluding hydrogens is 224 g/mol. The molecule has 17 heavy (non-hydrogen) atoms. The van der Waals surface area contributed by atoms with Crippen LogP contribution in [0.25, 0.3) is 0 Å². The molecule has 0 rings (SSSR count). The van der Waals surface area contributed by atoms with Crippen LogP contribution in [0.2, 0.25) is 0 Å². The second kappa shape index (κ2) is 11.8. The highest BCUT2D eigenvalue weighted by Gasteiger charge is 2.05. The molecule has 0 radical (unpaired) electrons. The first-order valence-corrected chi connectivity index (χ1v) is 6.08. The lowest BCUT2D eigenvalue weighted by Crippen LogP contribution is -2.13. The molecule has 0 amide bonds. The monoisotopic (exact) mass is 248 g/mol. The highest BCUT2D eigenvalue weighted by Crippen LogP contribution is 2.00. The van der Waals surface area contributed by atoms with Gasteiger partial charge < -0.3 is 19.3 Å². The molecule has 5 heteroatoms. The third-order valence-electron chi connectivity index (χ3n) is 1.88. The summed E-state index contributed by atoms with van der Waals surface area (Å²) >= 11 is 0. The van der Waals surface area contributed by atoms with Gasteiger partial charge in [0.25, 0.3) is 0 Å². The molecule has 0 unspecified atom stereocenters. The summed E-state index contributed by atoms with van der Waals surface area (Å²) in [5, 5.41) is 8.45. The SMILES string of the molecule is CC(C)CC(=O)OCCOCCCOCCO. The third kappa shape index (κ3) is 13.3. The fourth-order valence-electron chi connectivity index (χ4n) is 1.14. The molecular formula is C12H24O5. The maximum Gasteiger partial charge on any atom is 0.306 e. The molecule has 0 aromatic carbocycles. The van der Waals surface area contributed by atoms with E-state index in [0.717, 1.165) is 6.42 Å². The minimum absolute atomic E-state index is 0.0483. The van der Waals surface area contributed by atoms with E-state index < -0.39 is 0 Å². The van der Waals surface area contributed by atoms with E-state index in [0.29, 0.717) is 45.4 Å². The van der Waals surface area contributed by atoms with Crippen molar-refractivity contribution in [1.29, 1.82) is 0 Å². The number of carbonyl (C=O) groups excluding carboxylic acids is 1. The fourth-order valence-corrected chi connectivity index (χ4v) is 1.14. The van der Waals surface area contributed by atoms with E-state index in [9.17, 15) is 4.79 Å². The van der Waals surface area contributed by atoms with Gasteiger partial charge in [-0.05, 0) is 12.3 Å². The Hall–Kier alpha value is -0.650. The summed E-state index contributed by atoms with van der Waals surface area (Å²) in [4.78, 5) is 11.1. The molecule has 0 aromatic rings. The smallest absolute Gasteiger partial charge is 0.306 e. The first-order valence-electron chi connectivity index (χ1n) is 6.08. The Morgan fingerprint density at radius 2 is 1.71 bits per heavy atom. The molecule has 0 fully saturated rings. The third-order valence-corrected chi connectivity index (χ3v) is 1.88. The maximum atomic E-state index is 11.1. The van der Waals surface area contributed by atoms with Crippen molar-refractivity contribution in [3.05, 3.63) is 0 Å². The molecule has 0 bridgehead atoms. The Balaban J connectivity index is 3.10. The van der Waals surface area contributed by atoms with E-state index >= 15 is 0 Å². The van der Waals surface area contributed by atoms with Crippen molar-refractivity contribution in [1.82, 2.24) is 0 Å². The Morgan fingerprint density at radius 1 is 1.06 bits per heavy atom. The molecule has 0 aliphatic heterocycles. The highest BCUT2D eigenvalue weighted by molar-refractivity contribution is 5.69. The summed E-state index contributed by atoms with van der Waals surface area (Å²) in [5.74, 6) is 0.155. The predicted molar refractivity (Wildman–Crippen MR) is 63.8 cm³/mol. The summed E-state index contributed by atoms with van der Waals surface area (Å²) in [7, 11) is 0. The van der Waals surface area contributed by atoms with Crippen molar-refractivity contribution in [3.63, 3.8) is 0 Å². The first kappa shape index (κ1) is 16.4. The van der Waals surface area contributed by atoms with Gasteiger partial charge >= 0.3 is 5.97 Å². The quantitative estimate of drug-likeness (QED) is 0.436. The fraction of sp³-hybridized carbons (Fsp3) is 0.917. The zero-order chi connectivity index (χ0) is 12.9. The van der Waals surface area contributed by atoms with Crippen LogP contribution in [0.1, 0.15) is 26.7 Å². The van der Waals surface area contributed by atoms with Crippen molar-refractivity contribution >= 4 is 5.97 Å². The van der Waals surface area contributed by atoms with Crippen molar-refractivity contribution in [2.75, 3.05) is 39.6 Å². The number of hydrogen-bond donors (Lipinski definition) is 1. The highest BCUT2D eigenvalue weighted by atomic mass is 16.6. The van der Waals surface area contributed by atoms with Crippen molar-refractivity contribution in [2.45, 2.75) is 26.7 Å². The molecule has 0 aromatic heterocycles. The standard InChI is InChI=1S/C12H24O5/c1-11(2)10-12(14)17-9-8-16-6-3-5-15-7-4-13/h11,13H,3-10H2,1-2H3. The number of aliphatic hydroxyl groups excluding tert-OH is 1. The number of esters is 1. The molecule has 1 N–H and O–H groups in total. The number of rotatable bonds is 11. The number of hydrogen-bond acceptors (Lipinski definition) is 5. The molecule has 0 aliphatic rings. The van der Waals surface area contributed by atoms with Crippen LogP contribution < -0.4 is 0 Å². The molecule has 0 atom stereocenters. The molecule has 0 spiro atoms. The Bertz CT molecular complexity index is 182. The topological polar surface area (TPSA) is 65.0 Å². The van der Waals surface area contributed by atoms with E-state index in [-0.39, 0.29) is 12.6 Å². The van der Waals surface area contributed by atoms with Gasteiger partial charge in [0, 0.05) is 19.6 Å². The van der Waals surface area contributed by atoms with Gasteiger partial charge in [0.1, 0.15) is 6.61 Å². The molecule has 0 saturated carbocycles.